The van der Waals surface area contributed by atoms with Crippen molar-refractivity contribution in [2.24, 2.45) is 0 Å². The van der Waals surface area contributed by atoms with E-state index in [0.29, 0.717) is 0 Å². The maximum absolute atomic E-state index is 12.7. The molecule has 3 N–H and O–H groups in total. The first-order valence-corrected chi connectivity index (χ1v) is 22.4. The molecular weight excluding hydrogens is 629 g/mol. The number of carboxylic acid groups (broad SMARTS) is 1. The summed E-state index contributed by atoms with van der Waals surface area (Å²) in [4.78, 5) is 23.7. The Bertz CT molecular complexity index is 917. The van der Waals surface area contributed by atoms with E-state index in [4.69, 9.17) is 5.11 Å². The maximum atomic E-state index is 12.7. The third-order valence-electron chi connectivity index (χ3n) is 10.7. The number of anilines is 1. The van der Waals surface area contributed by atoms with Gasteiger partial charge in [0, 0.05) is 12.2 Å². The summed E-state index contributed by atoms with van der Waals surface area (Å²) in [6.45, 7) is 6.99. The van der Waals surface area contributed by atoms with Crippen LogP contribution in [0.25, 0.3) is 0 Å². The van der Waals surface area contributed by atoms with Gasteiger partial charge in [0.15, 0.2) is 0 Å². The molecule has 0 unspecified atom stereocenters. The van der Waals surface area contributed by atoms with Crippen molar-refractivity contribution in [3.63, 3.8) is 0 Å². The Balaban J connectivity index is 2.88. The standard InChI is InChI=1S/C46H84N2O3/c1-4-7-10-13-16-19-22-25-28-31-34-41-39-43(48-46(51)47-38-37-45(49)50)40-42(35-32-29-26-23-20-17-14-11-8-5-2)44(41)36-33-30-27-24-21-18-15-12-9-6-3/h39-40H,4-38H2,1-3H3,(H,49,50)(H2,47,48,51). The van der Waals surface area contributed by atoms with Gasteiger partial charge in [-0.1, -0.05) is 194 Å². The molecule has 0 atom stereocenters. The molecule has 0 aromatic heterocycles. The van der Waals surface area contributed by atoms with E-state index >= 15 is 0 Å². The lowest BCUT2D eigenvalue weighted by atomic mass is 9.89. The minimum atomic E-state index is -0.899. The number of rotatable bonds is 37. The van der Waals surface area contributed by atoms with Crippen LogP contribution in [-0.2, 0) is 24.1 Å². The first kappa shape index (κ1) is 47.0. The predicted molar refractivity (Wildman–Crippen MR) is 222 cm³/mol. The van der Waals surface area contributed by atoms with E-state index in [1.54, 1.807) is 5.56 Å². The zero-order chi connectivity index (χ0) is 37.0. The number of hydrogen-bond acceptors (Lipinski definition) is 2. The monoisotopic (exact) mass is 713 g/mol. The highest BCUT2D eigenvalue weighted by atomic mass is 16.4. The molecule has 2 amide bonds. The van der Waals surface area contributed by atoms with Crippen molar-refractivity contribution in [1.82, 2.24) is 5.32 Å². The van der Waals surface area contributed by atoms with E-state index in [-0.39, 0.29) is 19.0 Å². The highest BCUT2D eigenvalue weighted by Crippen LogP contribution is 2.28. The SMILES string of the molecule is CCCCCCCCCCCCc1cc(NC(=O)NCCC(=O)O)cc(CCCCCCCCCCCC)c1CCCCCCCCCCCC. The van der Waals surface area contributed by atoms with Crippen LogP contribution in [0.15, 0.2) is 12.1 Å². The van der Waals surface area contributed by atoms with Crippen LogP contribution in [0.2, 0.25) is 0 Å². The zero-order valence-electron chi connectivity index (χ0n) is 34.2. The number of nitrogens with one attached hydrogen (secondary N) is 2. The quantitative estimate of drug-likeness (QED) is 0.0601. The molecule has 51 heavy (non-hydrogen) atoms. The Kier molecular flexibility index (Phi) is 32.3. The van der Waals surface area contributed by atoms with E-state index in [1.165, 1.54) is 204 Å². The number of carbonyl (C=O) groups is 2. The van der Waals surface area contributed by atoms with Crippen molar-refractivity contribution >= 4 is 17.7 Å². The van der Waals surface area contributed by atoms with Crippen molar-refractivity contribution in [2.45, 2.75) is 239 Å². The molecule has 0 radical (unpaired) electrons. The van der Waals surface area contributed by atoms with Gasteiger partial charge in [-0.3, -0.25) is 4.79 Å². The zero-order valence-corrected chi connectivity index (χ0v) is 34.2. The van der Waals surface area contributed by atoms with Crippen LogP contribution in [0.4, 0.5) is 10.5 Å². The van der Waals surface area contributed by atoms with Crippen LogP contribution in [0.1, 0.15) is 237 Å². The van der Waals surface area contributed by atoms with Gasteiger partial charge >= 0.3 is 12.0 Å². The lowest BCUT2D eigenvalue weighted by Gasteiger charge is -2.19. The molecular formula is C46H84N2O3. The van der Waals surface area contributed by atoms with Crippen LogP contribution in [0, 0.1) is 0 Å². The minimum absolute atomic E-state index is 0.0702. The number of carboxylic acids is 1. The second kappa shape index (κ2) is 35.0. The fourth-order valence-electron chi connectivity index (χ4n) is 7.49. The molecule has 1 aromatic carbocycles. The van der Waals surface area contributed by atoms with Crippen molar-refractivity contribution in [2.75, 3.05) is 11.9 Å². The molecule has 0 bridgehead atoms. The first-order chi connectivity index (χ1) is 25.0. The molecule has 0 heterocycles. The summed E-state index contributed by atoms with van der Waals surface area (Å²) in [5, 5.41) is 14.8. The minimum Gasteiger partial charge on any atom is -0.481 e. The molecule has 5 heteroatoms. The Labute approximate surface area is 316 Å². The van der Waals surface area contributed by atoms with Crippen LogP contribution >= 0.6 is 0 Å². The van der Waals surface area contributed by atoms with Crippen molar-refractivity contribution in [1.29, 1.82) is 0 Å². The summed E-state index contributed by atoms with van der Waals surface area (Å²) < 4.78 is 0. The van der Waals surface area contributed by atoms with Gasteiger partial charge in [0.2, 0.25) is 0 Å². The van der Waals surface area contributed by atoms with E-state index in [0.717, 1.165) is 24.9 Å². The van der Waals surface area contributed by atoms with Gasteiger partial charge in [0.25, 0.3) is 0 Å². The lowest BCUT2D eigenvalue weighted by molar-refractivity contribution is -0.136. The van der Waals surface area contributed by atoms with Gasteiger partial charge in [-0.05, 0) is 67.3 Å². The fourth-order valence-corrected chi connectivity index (χ4v) is 7.49. The molecule has 0 saturated carbocycles. The summed E-state index contributed by atoms with van der Waals surface area (Å²) in [6, 6.07) is 4.16. The van der Waals surface area contributed by atoms with E-state index in [1.807, 2.05) is 0 Å². The molecule has 1 rings (SSSR count). The Hall–Kier alpha value is -2.04. The number of carbonyl (C=O) groups excluding carboxylic acids is 1. The fraction of sp³-hybridized carbons (Fsp3) is 0.826. The lowest BCUT2D eigenvalue weighted by Crippen LogP contribution is -2.30. The Morgan fingerprint density at radius 3 is 1.12 bits per heavy atom. The van der Waals surface area contributed by atoms with Crippen molar-refractivity contribution < 1.29 is 14.7 Å². The molecule has 0 aliphatic carbocycles. The summed E-state index contributed by atoms with van der Waals surface area (Å²) in [5.74, 6) is -0.899. The molecule has 0 fully saturated rings. The Morgan fingerprint density at radius 2 is 0.784 bits per heavy atom. The number of aryl methyl sites for hydroxylation is 2. The number of aliphatic carboxylic acids is 1. The molecule has 5 nitrogen and oxygen atoms in total. The van der Waals surface area contributed by atoms with E-state index < -0.39 is 5.97 Å². The normalized spacial score (nSPS) is 11.3. The third-order valence-corrected chi connectivity index (χ3v) is 10.7. The summed E-state index contributed by atoms with van der Waals surface area (Å²) in [7, 11) is 0. The summed E-state index contributed by atoms with van der Waals surface area (Å²) in [6.07, 6.45) is 43.5. The van der Waals surface area contributed by atoms with E-state index in [2.05, 4.69) is 43.5 Å². The van der Waals surface area contributed by atoms with E-state index in [9.17, 15) is 9.59 Å². The number of benzene rings is 1. The second-order valence-electron chi connectivity index (χ2n) is 15.6. The molecule has 296 valence electrons. The van der Waals surface area contributed by atoms with Gasteiger partial charge in [0.05, 0.1) is 6.42 Å². The average Bonchev–Trinajstić information content (AvgIpc) is 3.11. The van der Waals surface area contributed by atoms with Gasteiger partial charge in [-0.2, -0.15) is 0 Å². The van der Waals surface area contributed by atoms with Crippen LogP contribution < -0.4 is 10.6 Å². The number of hydrogen-bond donors (Lipinski definition) is 3. The van der Waals surface area contributed by atoms with Gasteiger partial charge in [-0.25, -0.2) is 4.79 Å². The Morgan fingerprint density at radius 1 is 0.471 bits per heavy atom. The first-order valence-electron chi connectivity index (χ1n) is 22.4. The predicted octanol–water partition coefficient (Wildman–Crippen LogP) is 14.7. The van der Waals surface area contributed by atoms with Gasteiger partial charge in [-0.15, -0.1) is 0 Å². The van der Waals surface area contributed by atoms with Crippen LogP contribution in [-0.4, -0.2) is 23.7 Å². The van der Waals surface area contributed by atoms with Crippen LogP contribution in [0.3, 0.4) is 0 Å². The molecule has 0 spiro atoms. The van der Waals surface area contributed by atoms with Crippen LogP contribution in [0.5, 0.6) is 0 Å². The van der Waals surface area contributed by atoms with Crippen molar-refractivity contribution in [3.05, 3.63) is 28.8 Å². The van der Waals surface area contributed by atoms with Crippen molar-refractivity contribution in [3.8, 4) is 0 Å². The third kappa shape index (κ3) is 28.2. The van der Waals surface area contributed by atoms with Gasteiger partial charge < -0.3 is 15.7 Å². The topological polar surface area (TPSA) is 78.4 Å². The second-order valence-corrected chi connectivity index (χ2v) is 15.6. The molecule has 0 aliphatic rings. The summed E-state index contributed by atoms with van der Waals surface area (Å²) >= 11 is 0. The highest BCUT2D eigenvalue weighted by Gasteiger charge is 2.14. The highest BCUT2D eigenvalue weighted by molar-refractivity contribution is 5.89. The summed E-state index contributed by atoms with van der Waals surface area (Å²) in [5.41, 5.74) is 5.27. The molecule has 0 aliphatic heterocycles. The largest absolute Gasteiger partial charge is 0.481 e. The number of unbranched alkanes of at least 4 members (excludes halogenated alkanes) is 27. The molecule has 1 aromatic rings. The number of urea groups is 1. The molecule has 0 saturated heterocycles. The average molecular weight is 713 g/mol. The maximum Gasteiger partial charge on any atom is 0.319 e. The smallest absolute Gasteiger partial charge is 0.319 e. The van der Waals surface area contributed by atoms with Gasteiger partial charge in [0.1, 0.15) is 0 Å². The number of amides is 2.